The minimum atomic E-state index is -4.45. The number of aliphatic hydroxyl groups excluding tert-OH is 2. The second-order valence-corrected chi connectivity index (χ2v) is 10.2. The smallest absolute Gasteiger partial charge is 0.394 e. The first-order valence-corrected chi connectivity index (χ1v) is 12.0. The highest BCUT2D eigenvalue weighted by molar-refractivity contribution is 7.47. The largest absolute Gasteiger partial charge is 0.474 e. The number of aliphatic hydroxyl groups is 2. The van der Waals surface area contributed by atoms with E-state index >= 15 is 0 Å². The Kier molecular flexibility index (Phi) is 14.0. The molecule has 0 aromatic rings. The van der Waals surface area contributed by atoms with E-state index in [1.54, 1.807) is 0 Å². The highest BCUT2D eigenvalue weighted by Gasteiger charge is 2.40. The van der Waals surface area contributed by atoms with E-state index in [0.29, 0.717) is 17.4 Å². The van der Waals surface area contributed by atoms with Gasteiger partial charge in [-0.3, -0.25) is 14.8 Å². The molecule has 0 saturated carbocycles. The van der Waals surface area contributed by atoms with Gasteiger partial charge in [-0.05, 0) is 12.8 Å². The van der Waals surface area contributed by atoms with Crippen molar-refractivity contribution in [3.63, 3.8) is 0 Å². The third-order valence-electron chi connectivity index (χ3n) is 4.38. The summed E-state index contributed by atoms with van der Waals surface area (Å²) < 4.78 is 22.8. The standard InChI is InChI=1S/C19H43N2O6P/c1-5-6-7-8-9-10-11-12-13-14-19(20,17-21(2,3)4)27-28(24,25)26-16-18(23)15-22/h18,22-23H,5-17,20H2,1-4H3/p+1/t18-,19?/m1/s1. The van der Waals surface area contributed by atoms with Crippen LogP contribution in [-0.4, -0.2) is 72.3 Å². The van der Waals surface area contributed by atoms with Gasteiger partial charge in [-0.25, -0.2) is 4.57 Å². The van der Waals surface area contributed by atoms with Crippen molar-refractivity contribution in [1.82, 2.24) is 0 Å². The third-order valence-corrected chi connectivity index (χ3v) is 5.45. The van der Waals surface area contributed by atoms with E-state index in [1.807, 2.05) is 21.1 Å². The molecule has 0 spiro atoms. The number of phosphoric acid groups is 1. The molecule has 0 bridgehead atoms. The van der Waals surface area contributed by atoms with Gasteiger partial charge in [-0.2, -0.15) is 0 Å². The maximum atomic E-state index is 12.2. The van der Waals surface area contributed by atoms with E-state index in [2.05, 4.69) is 6.92 Å². The molecule has 0 heterocycles. The van der Waals surface area contributed by atoms with Crippen molar-refractivity contribution in [2.24, 2.45) is 5.73 Å². The van der Waals surface area contributed by atoms with Crippen molar-refractivity contribution in [3.8, 4) is 0 Å². The Labute approximate surface area is 171 Å². The number of rotatable bonds is 18. The van der Waals surface area contributed by atoms with E-state index in [-0.39, 0.29) is 0 Å². The molecule has 170 valence electrons. The normalized spacial score (nSPS) is 17.9. The van der Waals surface area contributed by atoms with Gasteiger partial charge >= 0.3 is 7.82 Å². The maximum absolute atomic E-state index is 12.2. The average Bonchev–Trinajstić information content (AvgIpc) is 2.56. The van der Waals surface area contributed by atoms with Crippen LogP contribution in [0, 0.1) is 0 Å². The zero-order chi connectivity index (χ0) is 21.7. The predicted molar refractivity (Wildman–Crippen MR) is 112 cm³/mol. The number of nitrogens with zero attached hydrogens (tertiary/aromatic N) is 1. The number of hydrogen-bond donors (Lipinski definition) is 4. The van der Waals surface area contributed by atoms with Gasteiger partial charge in [-0.1, -0.05) is 58.3 Å². The quantitative estimate of drug-likeness (QED) is 0.115. The fraction of sp³-hybridized carbons (Fsp3) is 1.00. The van der Waals surface area contributed by atoms with Crippen molar-refractivity contribution in [2.75, 3.05) is 40.9 Å². The van der Waals surface area contributed by atoms with Gasteiger partial charge in [-0.15, -0.1) is 0 Å². The second-order valence-electron chi connectivity index (χ2n) is 8.78. The van der Waals surface area contributed by atoms with E-state index in [0.717, 1.165) is 19.3 Å². The number of hydrogen-bond acceptors (Lipinski definition) is 6. The van der Waals surface area contributed by atoms with Gasteiger partial charge < -0.3 is 19.6 Å². The third kappa shape index (κ3) is 15.8. The Bertz CT molecular complexity index is 447. The fourth-order valence-corrected chi connectivity index (χ4v) is 4.20. The fourth-order valence-electron chi connectivity index (χ4n) is 3.18. The summed E-state index contributed by atoms with van der Waals surface area (Å²) in [5, 5.41) is 18.1. The van der Waals surface area contributed by atoms with Crippen LogP contribution >= 0.6 is 7.82 Å². The molecule has 0 aromatic carbocycles. The topological polar surface area (TPSA) is 122 Å². The summed E-state index contributed by atoms with van der Waals surface area (Å²) in [5.74, 6) is 0. The lowest BCUT2D eigenvalue weighted by Gasteiger charge is -2.37. The predicted octanol–water partition coefficient (Wildman–Crippen LogP) is 2.76. The molecule has 0 rings (SSSR count). The SMILES string of the molecule is CCCCCCCCCCCC(N)(C[N+](C)(C)C)OP(=O)(O)OC[C@H](O)CO. The number of likely N-dealkylation sites (N-methyl/N-ethyl adjacent to an activating group) is 1. The van der Waals surface area contributed by atoms with Crippen LogP contribution in [0.2, 0.25) is 0 Å². The van der Waals surface area contributed by atoms with Gasteiger partial charge in [0.1, 0.15) is 12.6 Å². The molecule has 0 aliphatic rings. The van der Waals surface area contributed by atoms with Crippen LogP contribution in [0.1, 0.15) is 71.1 Å². The molecule has 5 N–H and O–H groups in total. The zero-order valence-electron chi connectivity index (χ0n) is 18.3. The van der Waals surface area contributed by atoms with Crippen molar-refractivity contribution < 1.29 is 33.2 Å². The Hall–Kier alpha value is -0.0500. The molecular formula is C19H44N2O6P+. The highest BCUT2D eigenvalue weighted by atomic mass is 31.2. The number of quaternary nitrogens is 1. The van der Waals surface area contributed by atoms with E-state index in [9.17, 15) is 14.6 Å². The van der Waals surface area contributed by atoms with Crippen LogP contribution in [0.3, 0.4) is 0 Å². The van der Waals surface area contributed by atoms with Crippen LogP contribution in [-0.2, 0) is 13.6 Å². The molecule has 28 heavy (non-hydrogen) atoms. The van der Waals surface area contributed by atoms with Gasteiger partial charge in [0.15, 0.2) is 5.72 Å². The molecule has 0 fully saturated rings. The molecule has 2 unspecified atom stereocenters. The molecule has 0 aromatic heterocycles. The second kappa shape index (κ2) is 14.0. The van der Waals surface area contributed by atoms with Crippen molar-refractivity contribution in [2.45, 2.75) is 83.0 Å². The molecule has 3 atom stereocenters. The van der Waals surface area contributed by atoms with Crippen LogP contribution in [0.4, 0.5) is 0 Å². The number of phosphoric ester groups is 1. The minimum absolute atomic E-state index is 0.334. The molecule has 0 aliphatic heterocycles. The van der Waals surface area contributed by atoms with Crippen LogP contribution < -0.4 is 5.73 Å². The van der Waals surface area contributed by atoms with Crippen LogP contribution in [0.5, 0.6) is 0 Å². The van der Waals surface area contributed by atoms with Crippen molar-refractivity contribution >= 4 is 7.82 Å². The van der Waals surface area contributed by atoms with Crippen molar-refractivity contribution in [3.05, 3.63) is 0 Å². The molecule has 0 saturated heterocycles. The van der Waals surface area contributed by atoms with Gasteiger partial charge in [0.25, 0.3) is 0 Å². The lowest BCUT2D eigenvalue weighted by Crippen LogP contribution is -2.56. The summed E-state index contributed by atoms with van der Waals surface area (Å²) in [6, 6.07) is 0. The van der Waals surface area contributed by atoms with E-state index < -0.39 is 32.9 Å². The Morgan fingerprint density at radius 1 is 1.04 bits per heavy atom. The first-order valence-electron chi connectivity index (χ1n) is 10.5. The lowest BCUT2D eigenvalue weighted by molar-refractivity contribution is -0.876. The lowest BCUT2D eigenvalue weighted by atomic mass is 10.0. The maximum Gasteiger partial charge on any atom is 0.474 e. The first-order chi connectivity index (χ1) is 12.9. The molecule has 9 heteroatoms. The highest BCUT2D eigenvalue weighted by Crippen LogP contribution is 2.47. The van der Waals surface area contributed by atoms with Crippen LogP contribution in [0.25, 0.3) is 0 Å². The molecule has 0 aliphatic carbocycles. The Morgan fingerprint density at radius 3 is 2.00 bits per heavy atom. The number of unbranched alkanes of at least 4 members (excludes halogenated alkanes) is 8. The van der Waals surface area contributed by atoms with Crippen molar-refractivity contribution in [1.29, 1.82) is 0 Å². The van der Waals surface area contributed by atoms with Gasteiger partial charge in [0.2, 0.25) is 0 Å². The summed E-state index contributed by atoms with van der Waals surface area (Å²) in [7, 11) is 1.34. The molecular weight excluding hydrogens is 383 g/mol. The van der Waals surface area contributed by atoms with Gasteiger partial charge in [0, 0.05) is 0 Å². The summed E-state index contributed by atoms with van der Waals surface area (Å²) in [4.78, 5) is 9.97. The molecule has 0 amide bonds. The summed E-state index contributed by atoms with van der Waals surface area (Å²) >= 11 is 0. The summed E-state index contributed by atoms with van der Waals surface area (Å²) in [5.41, 5.74) is 5.03. The minimum Gasteiger partial charge on any atom is -0.394 e. The number of nitrogens with two attached hydrogens (primary N) is 1. The Balaban J connectivity index is 4.48. The van der Waals surface area contributed by atoms with E-state index in [4.69, 9.17) is 19.9 Å². The Morgan fingerprint density at radius 2 is 1.54 bits per heavy atom. The molecule has 0 radical (unpaired) electrons. The van der Waals surface area contributed by atoms with Crippen LogP contribution in [0.15, 0.2) is 0 Å². The summed E-state index contributed by atoms with van der Waals surface area (Å²) in [6.07, 6.45) is 9.68. The monoisotopic (exact) mass is 427 g/mol. The average molecular weight is 428 g/mol. The summed E-state index contributed by atoms with van der Waals surface area (Å²) in [6.45, 7) is 1.48. The molecule has 8 nitrogen and oxygen atoms in total. The first kappa shape index (κ1) is 27.9. The van der Waals surface area contributed by atoms with Gasteiger partial charge in [0.05, 0.1) is 34.4 Å². The zero-order valence-corrected chi connectivity index (χ0v) is 19.2. The van der Waals surface area contributed by atoms with E-state index in [1.165, 1.54) is 38.5 Å².